The fraction of sp³-hybridized carbons (Fsp3) is 0.273. The molecule has 0 aliphatic rings. The molecule has 4 nitrogen and oxygen atoms in total. The van der Waals surface area contributed by atoms with Crippen LogP contribution in [0.25, 0.3) is 5.69 Å². The lowest BCUT2D eigenvalue weighted by atomic mass is 10.2. The summed E-state index contributed by atoms with van der Waals surface area (Å²) in [4.78, 5) is 0. The number of nitrogens with two attached hydrogens (primary N) is 1. The zero-order chi connectivity index (χ0) is 13.2. The van der Waals surface area contributed by atoms with Crippen LogP contribution in [0.2, 0.25) is 0 Å². The minimum absolute atomic E-state index is 0.450. The van der Waals surface area contributed by atoms with E-state index in [1.807, 2.05) is 0 Å². The highest BCUT2D eigenvalue weighted by Gasteiger charge is 2.30. The fourth-order valence-corrected chi connectivity index (χ4v) is 1.49. The highest BCUT2D eigenvalue weighted by Crippen LogP contribution is 2.29. The number of halogens is 3. The SMILES string of the molecule is NCCc1cn(-c2ccc(C(F)(F)F)cc2)nn1. The highest BCUT2D eigenvalue weighted by molar-refractivity contribution is 5.34. The van der Waals surface area contributed by atoms with Crippen LogP contribution in [0, 0.1) is 0 Å². The molecular formula is C11H11F3N4. The summed E-state index contributed by atoms with van der Waals surface area (Å²) in [5.41, 5.74) is 5.92. The molecule has 0 amide bonds. The van der Waals surface area contributed by atoms with Crippen molar-refractivity contribution in [2.45, 2.75) is 12.6 Å². The molecule has 18 heavy (non-hydrogen) atoms. The molecule has 0 saturated carbocycles. The number of aromatic nitrogens is 3. The van der Waals surface area contributed by atoms with Gasteiger partial charge in [0.05, 0.1) is 23.1 Å². The lowest BCUT2D eigenvalue weighted by molar-refractivity contribution is -0.137. The first-order valence-electron chi connectivity index (χ1n) is 5.29. The zero-order valence-corrected chi connectivity index (χ0v) is 9.35. The Balaban J connectivity index is 2.23. The molecule has 2 rings (SSSR count). The van der Waals surface area contributed by atoms with E-state index in [0.717, 1.165) is 12.1 Å². The molecular weight excluding hydrogens is 245 g/mol. The van der Waals surface area contributed by atoms with Gasteiger partial charge in [0.2, 0.25) is 0 Å². The second-order valence-corrected chi connectivity index (χ2v) is 3.74. The molecule has 96 valence electrons. The monoisotopic (exact) mass is 256 g/mol. The van der Waals surface area contributed by atoms with Crippen LogP contribution >= 0.6 is 0 Å². The van der Waals surface area contributed by atoms with E-state index in [-0.39, 0.29) is 0 Å². The maximum atomic E-state index is 12.4. The first-order valence-corrected chi connectivity index (χ1v) is 5.29. The number of hydrogen-bond acceptors (Lipinski definition) is 3. The van der Waals surface area contributed by atoms with Crippen LogP contribution in [0.3, 0.4) is 0 Å². The van der Waals surface area contributed by atoms with Crippen molar-refractivity contribution in [3.05, 3.63) is 41.7 Å². The minimum atomic E-state index is -4.33. The smallest absolute Gasteiger partial charge is 0.330 e. The van der Waals surface area contributed by atoms with Crippen LogP contribution in [-0.2, 0) is 12.6 Å². The van der Waals surface area contributed by atoms with Gasteiger partial charge in [0.25, 0.3) is 0 Å². The maximum absolute atomic E-state index is 12.4. The first-order chi connectivity index (χ1) is 8.50. The lowest BCUT2D eigenvalue weighted by Crippen LogP contribution is -2.05. The second kappa shape index (κ2) is 4.77. The van der Waals surface area contributed by atoms with E-state index in [0.29, 0.717) is 24.3 Å². The maximum Gasteiger partial charge on any atom is 0.416 e. The average molecular weight is 256 g/mol. The van der Waals surface area contributed by atoms with E-state index in [4.69, 9.17) is 5.73 Å². The molecule has 2 N–H and O–H groups in total. The van der Waals surface area contributed by atoms with Gasteiger partial charge in [-0.2, -0.15) is 13.2 Å². The van der Waals surface area contributed by atoms with Gasteiger partial charge in [-0.15, -0.1) is 5.10 Å². The number of benzene rings is 1. The third-order valence-electron chi connectivity index (χ3n) is 2.40. The Bertz CT molecular complexity index is 516. The summed E-state index contributed by atoms with van der Waals surface area (Å²) >= 11 is 0. The Kier molecular flexibility index (Phi) is 3.33. The van der Waals surface area contributed by atoms with Gasteiger partial charge in [-0.1, -0.05) is 5.21 Å². The number of alkyl halides is 3. The molecule has 0 radical (unpaired) electrons. The molecule has 0 saturated heterocycles. The summed E-state index contributed by atoms with van der Waals surface area (Å²) in [6.45, 7) is 0.450. The summed E-state index contributed by atoms with van der Waals surface area (Å²) in [5.74, 6) is 0. The second-order valence-electron chi connectivity index (χ2n) is 3.74. The van der Waals surface area contributed by atoms with Crippen LogP contribution < -0.4 is 5.73 Å². The predicted octanol–water partition coefficient (Wildman–Crippen LogP) is 1.79. The Morgan fingerprint density at radius 1 is 1.17 bits per heavy atom. The standard InChI is InChI=1S/C11H11F3N4/c12-11(13,14)8-1-3-10(4-2-8)18-7-9(5-6-15)16-17-18/h1-4,7H,5-6,15H2. The van der Waals surface area contributed by atoms with Gasteiger partial charge in [0, 0.05) is 6.42 Å². The van der Waals surface area contributed by atoms with Gasteiger partial charge in [0.15, 0.2) is 0 Å². The van der Waals surface area contributed by atoms with Crippen LogP contribution in [-0.4, -0.2) is 21.5 Å². The first kappa shape index (κ1) is 12.6. The van der Waals surface area contributed by atoms with Crippen molar-refractivity contribution in [1.29, 1.82) is 0 Å². The van der Waals surface area contributed by atoms with Crippen LogP contribution in [0.1, 0.15) is 11.3 Å². The normalized spacial score (nSPS) is 11.8. The molecule has 1 aromatic carbocycles. The summed E-state index contributed by atoms with van der Waals surface area (Å²) in [6.07, 6.45) is -2.10. The molecule has 0 bridgehead atoms. The summed E-state index contributed by atoms with van der Waals surface area (Å²) in [6, 6.07) is 4.73. The molecule has 2 aromatic rings. The number of nitrogens with zero attached hydrogens (tertiary/aromatic N) is 3. The van der Waals surface area contributed by atoms with Gasteiger partial charge < -0.3 is 5.73 Å². The molecule has 7 heteroatoms. The third kappa shape index (κ3) is 2.67. The highest BCUT2D eigenvalue weighted by atomic mass is 19.4. The average Bonchev–Trinajstić information content (AvgIpc) is 2.77. The molecule has 0 aliphatic heterocycles. The van der Waals surface area contributed by atoms with Crippen LogP contribution in [0.5, 0.6) is 0 Å². The van der Waals surface area contributed by atoms with Crippen molar-refractivity contribution in [1.82, 2.24) is 15.0 Å². The van der Waals surface area contributed by atoms with Crippen molar-refractivity contribution in [2.75, 3.05) is 6.54 Å². The largest absolute Gasteiger partial charge is 0.416 e. The molecule has 0 spiro atoms. The van der Waals surface area contributed by atoms with Crippen molar-refractivity contribution in [3.63, 3.8) is 0 Å². The summed E-state index contributed by atoms with van der Waals surface area (Å²) in [7, 11) is 0. The number of hydrogen-bond donors (Lipinski definition) is 1. The van der Waals surface area contributed by atoms with Gasteiger partial charge in [0.1, 0.15) is 0 Å². The van der Waals surface area contributed by atoms with E-state index < -0.39 is 11.7 Å². The molecule has 0 unspecified atom stereocenters. The van der Waals surface area contributed by atoms with Crippen molar-refractivity contribution >= 4 is 0 Å². The van der Waals surface area contributed by atoms with E-state index in [1.54, 1.807) is 6.20 Å². The topological polar surface area (TPSA) is 56.7 Å². The Labute approximate surface area is 101 Å². The quantitative estimate of drug-likeness (QED) is 0.910. The summed E-state index contributed by atoms with van der Waals surface area (Å²) in [5, 5.41) is 7.69. The van der Waals surface area contributed by atoms with E-state index in [2.05, 4.69) is 10.3 Å². The number of rotatable bonds is 3. The van der Waals surface area contributed by atoms with Crippen molar-refractivity contribution in [3.8, 4) is 5.69 Å². The van der Waals surface area contributed by atoms with E-state index in [9.17, 15) is 13.2 Å². The zero-order valence-electron chi connectivity index (χ0n) is 9.35. The molecule has 0 atom stereocenters. The molecule has 1 aromatic heterocycles. The Morgan fingerprint density at radius 2 is 1.83 bits per heavy atom. The van der Waals surface area contributed by atoms with E-state index >= 15 is 0 Å². The predicted molar refractivity (Wildman–Crippen MR) is 59.1 cm³/mol. The van der Waals surface area contributed by atoms with Crippen LogP contribution in [0.4, 0.5) is 13.2 Å². The third-order valence-corrected chi connectivity index (χ3v) is 2.40. The Hall–Kier alpha value is -1.89. The minimum Gasteiger partial charge on any atom is -0.330 e. The van der Waals surface area contributed by atoms with E-state index in [1.165, 1.54) is 16.8 Å². The van der Waals surface area contributed by atoms with Gasteiger partial charge >= 0.3 is 6.18 Å². The van der Waals surface area contributed by atoms with Gasteiger partial charge in [-0.25, -0.2) is 4.68 Å². The molecule has 0 fully saturated rings. The lowest BCUT2D eigenvalue weighted by Gasteiger charge is -2.07. The van der Waals surface area contributed by atoms with Gasteiger partial charge in [-0.3, -0.25) is 0 Å². The van der Waals surface area contributed by atoms with Gasteiger partial charge in [-0.05, 0) is 30.8 Å². The Morgan fingerprint density at radius 3 is 2.39 bits per heavy atom. The molecule has 1 heterocycles. The molecule has 0 aliphatic carbocycles. The fourth-order valence-electron chi connectivity index (χ4n) is 1.49. The summed E-state index contributed by atoms with van der Waals surface area (Å²) < 4.78 is 38.6. The van der Waals surface area contributed by atoms with Crippen molar-refractivity contribution in [2.24, 2.45) is 5.73 Å². The van der Waals surface area contributed by atoms with Crippen LogP contribution in [0.15, 0.2) is 30.5 Å². The van der Waals surface area contributed by atoms with Crippen molar-refractivity contribution < 1.29 is 13.2 Å².